The molecule has 0 aromatic heterocycles. The number of halogens is 1. The fourth-order valence-corrected chi connectivity index (χ4v) is 2.48. The summed E-state index contributed by atoms with van der Waals surface area (Å²) >= 11 is 0. The molecule has 4 nitrogen and oxygen atoms in total. The van der Waals surface area contributed by atoms with Crippen molar-refractivity contribution in [3.05, 3.63) is 29.8 Å². The smallest absolute Gasteiger partial charge is 0.225 e. The van der Waals surface area contributed by atoms with Crippen LogP contribution < -0.4 is 11.1 Å². The second kappa shape index (κ2) is 8.95. The van der Waals surface area contributed by atoms with Crippen LogP contribution in [0.5, 0.6) is 0 Å². The van der Waals surface area contributed by atoms with E-state index in [2.05, 4.69) is 22.3 Å². The number of carbonyl (C=O) groups is 1. The molecule has 2 rings (SSSR count). The monoisotopic (exact) mass is 297 g/mol. The fourth-order valence-electron chi connectivity index (χ4n) is 2.48. The average molecular weight is 298 g/mol. The highest BCUT2D eigenvalue weighted by Crippen LogP contribution is 2.16. The Morgan fingerprint density at radius 1 is 1.25 bits per heavy atom. The lowest BCUT2D eigenvalue weighted by Crippen LogP contribution is -2.29. The van der Waals surface area contributed by atoms with Crippen molar-refractivity contribution in [3.63, 3.8) is 0 Å². The lowest BCUT2D eigenvalue weighted by molar-refractivity contribution is -0.116. The van der Waals surface area contributed by atoms with Crippen molar-refractivity contribution in [2.24, 2.45) is 5.73 Å². The molecule has 112 valence electrons. The Balaban J connectivity index is 0.00000200. The minimum absolute atomic E-state index is 0. The molecule has 5 heteroatoms. The number of likely N-dealkylation sites (tertiary alicyclic amines) is 1. The minimum atomic E-state index is -0.0161. The van der Waals surface area contributed by atoms with Gasteiger partial charge in [0.1, 0.15) is 0 Å². The van der Waals surface area contributed by atoms with Crippen LogP contribution in [0.3, 0.4) is 0 Å². The van der Waals surface area contributed by atoms with Crippen LogP contribution in [0.25, 0.3) is 0 Å². The van der Waals surface area contributed by atoms with Gasteiger partial charge in [-0.2, -0.15) is 0 Å². The quantitative estimate of drug-likeness (QED) is 0.877. The molecular weight excluding hydrogens is 274 g/mol. The number of piperidine rings is 1. The van der Waals surface area contributed by atoms with E-state index in [1.165, 1.54) is 37.9 Å². The number of amides is 1. The molecule has 1 aliphatic rings. The Morgan fingerprint density at radius 2 is 2.00 bits per heavy atom. The molecule has 1 amide bonds. The Kier molecular flexibility index (Phi) is 7.59. The van der Waals surface area contributed by atoms with Gasteiger partial charge in [0.25, 0.3) is 0 Å². The van der Waals surface area contributed by atoms with Gasteiger partial charge in [0.15, 0.2) is 0 Å². The molecule has 1 fully saturated rings. The first-order chi connectivity index (χ1) is 9.28. The molecule has 0 saturated carbocycles. The highest BCUT2D eigenvalue weighted by atomic mass is 35.5. The number of hydrogen-bond donors (Lipinski definition) is 2. The van der Waals surface area contributed by atoms with Gasteiger partial charge in [0.05, 0.1) is 0 Å². The number of nitrogens with zero attached hydrogens (tertiary/aromatic N) is 1. The molecule has 1 aromatic carbocycles. The second-order valence-corrected chi connectivity index (χ2v) is 5.12. The van der Waals surface area contributed by atoms with E-state index in [1.54, 1.807) is 0 Å². The molecule has 0 atom stereocenters. The summed E-state index contributed by atoms with van der Waals surface area (Å²) in [5, 5.41) is 2.88. The highest BCUT2D eigenvalue weighted by molar-refractivity contribution is 5.90. The van der Waals surface area contributed by atoms with Crippen LogP contribution in [0.15, 0.2) is 24.3 Å². The maximum Gasteiger partial charge on any atom is 0.225 e. The predicted molar refractivity (Wildman–Crippen MR) is 85.1 cm³/mol. The number of carbonyl (C=O) groups excluding carboxylic acids is 1. The van der Waals surface area contributed by atoms with Gasteiger partial charge in [0.2, 0.25) is 5.91 Å². The molecule has 3 N–H and O–H groups in total. The van der Waals surface area contributed by atoms with Gasteiger partial charge in [-0.3, -0.25) is 9.69 Å². The molecular formula is C15H24ClN3O. The van der Waals surface area contributed by atoms with Gasteiger partial charge in [-0.15, -0.1) is 12.4 Å². The molecule has 1 heterocycles. The van der Waals surface area contributed by atoms with Crippen LogP contribution in [0, 0.1) is 0 Å². The van der Waals surface area contributed by atoms with Crippen molar-refractivity contribution in [2.45, 2.75) is 32.2 Å². The molecule has 1 aromatic rings. The number of benzene rings is 1. The van der Waals surface area contributed by atoms with Gasteiger partial charge >= 0.3 is 0 Å². The highest BCUT2D eigenvalue weighted by Gasteiger charge is 2.10. The summed E-state index contributed by atoms with van der Waals surface area (Å²) in [5.74, 6) is -0.0161. The number of anilines is 1. The fraction of sp³-hybridized carbons (Fsp3) is 0.533. The zero-order chi connectivity index (χ0) is 13.5. The Hall–Kier alpha value is -1.10. The first kappa shape index (κ1) is 17.0. The van der Waals surface area contributed by atoms with Crippen LogP contribution in [-0.4, -0.2) is 30.4 Å². The summed E-state index contributed by atoms with van der Waals surface area (Å²) in [6.07, 6.45) is 4.32. The summed E-state index contributed by atoms with van der Waals surface area (Å²) in [6, 6.07) is 8.10. The third-order valence-corrected chi connectivity index (χ3v) is 3.44. The van der Waals surface area contributed by atoms with Gasteiger partial charge < -0.3 is 11.1 Å². The Bertz CT molecular complexity index is 419. The van der Waals surface area contributed by atoms with Crippen molar-refractivity contribution >= 4 is 24.0 Å². The topological polar surface area (TPSA) is 58.4 Å². The SMILES string of the molecule is Cl.NCCC(=O)Nc1cccc(CN2CCCCC2)c1. The zero-order valence-corrected chi connectivity index (χ0v) is 12.6. The lowest BCUT2D eigenvalue weighted by atomic mass is 10.1. The van der Waals surface area contributed by atoms with Crippen molar-refractivity contribution < 1.29 is 4.79 Å². The maximum atomic E-state index is 11.5. The van der Waals surface area contributed by atoms with E-state index in [9.17, 15) is 4.79 Å². The molecule has 0 unspecified atom stereocenters. The first-order valence-electron chi connectivity index (χ1n) is 7.09. The van der Waals surface area contributed by atoms with Crippen molar-refractivity contribution in [3.8, 4) is 0 Å². The number of nitrogens with two attached hydrogens (primary N) is 1. The molecule has 0 radical (unpaired) electrons. The number of rotatable bonds is 5. The zero-order valence-electron chi connectivity index (χ0n) is 11.8. The predicted octanol–water partition coefficient (Wildman–Crippen LogP) is 2.38. The molecule has 0 bridgehead atoms. The molecule has 20 heavy (non-hydrogen) atoms. The van der Waals surface area contributed by atoms with Crippen LogP contribution in [0.1, 0.15) is 31.2 Å². The normalized spacial score (nSPS) is 15.4. The van der Waals surface area contributed by atoms with Gasteiger partial charge in [-0.25, -0.2) is 0 Å². The molecule has 0 aliphatic carbocycles. The van der Waals surface area contributed by atoms with E-state index in [1.807, 2.05) is 12.1 Å². The first-order valence-corrected chi connectivity index (χ1v) is 7.09. The Labute approximate surface area is 127 Å². The summed E-state index contributed by atoms with van der Waals surface area (Å²) in [4.78, 5) is 14.0. The van der Waals surface area contributed by atoms with Crippen molar-refractivity contribution in [1.29, 1.82) is 0 Å². The van der Waals surface area contributed by atoms with E-state index >= 15 is 0 Å². The van der Waals surface area contributed by atoms with Crippen LogP contribution in [-0.2, 0) is 11.3 Å². The molecule has 0 spiro atoms. The van der Waals surface area contributed by atoms with E-state index in [0.29, 0.717) is 13.0 Å². The summed E-state index contributed by atoms with van der Waals surface area (Å²) in [7, 11) is 0. The summed E-state index contributed by atoms with van der Waals surface area (Å²) in [5.41, 5.74) is 7.49. The van der Waals surface area contributed by atoms with E-state index < -0.39 is 0 Å². The molecule has 1 aliphatic heterocycles. The summed E-state index contributed by atoms with van der Waals surface area (Å²) < 4.78 is 0. The third kappa shape index (κ3) is 5.49. The van der Waals surface area contributed by atoms with Crippen LogP contribution in [0.4, 0.5) is 5.69 Å². The number of hydrogen-bond acceptors (Lipinski definition) is 3. The van der Waals surface area contributed by atoms with E-state index in [0.717, 1.165) is 12.2 Å². The van der Waals surface area contributed by atoms with Crippen LogP contribution in [0.2, 0.25) is 0 Å². The number of nitrogens with one attached hydrogen (secondary N) is 1. The van der Waals surface area contributed by atoms with Crippen LogP contribution >= 0.6 is 12.4 Å². The average Bonchev–Trinajstić information content (AvgIpc) is 2.40. The van der Waals surface area contributed by atoms with Crippen molar-refractivity contribution in [2.75, 3.05) is 25.0 Å². The Morgan fingerprint density at radius 3 is 2.70 bits per heavy atom. The van der Waals surface area contributed by atoms with Gasteiger partial charge in [-0.1, -0.05) is 18.6 Å². The largest absolute Gasteiger partial charge is 0.330 e. The van der Waals surface area contributed by atoms with E-state index in [4.69, 9.17) is 5.73 Å². The maximum absolute atomic E-state index is 11.5. The van der Waals surface area contributed by atoms with Crippen molar-refractivity contribution in [1.82, 2.24) is 4.90 Å². The second-order valence-electron chi connectivity index (χ2n) is 5.12. The van der Waals surface area contributed by atoms with E-state index in [-0.39, 0.29) is 18.3 Å². The third-order valence-electron chi connectivity index (χ3n) is 3.44. The van der Waals surface area contributed by atoms with Gasteiger partial charge in [0, 0.05) is 25.2 Å². The standard InChI is InChI=1S/C15H23N3O.ClH/c16-8-7-15(19)17-14-6-4-5-13(11-14)12-18-9-2-1-3-10-18;/h4-6,11H,1-3,7-10,12,16H2,(H,17,19);1H. The van der Waals surface area contributed by atoms with Gasteiger partial charge in [-0.05, 0) is 43.6 Å². The lowest BCUT2D eigenvalue weighted by Gasteiger charge is -2.26. The molecule has 1 saturated heterocycles. The summed E-state index contributed by atoms with van der Waals surface area (Å²) in [6.45, 7) is 3.73. The minimum Gasteiger partial charge on any atom is -0.330 e.